The third-order valence-corrected chi connectivity index (χ3v) is 17.1. The Morgan fingerprint density at radius 2 is 1.04 bits per heavy atom. The van der Waals surface area contributed by atoms with Gasteiger partial charge in [-0.25, -0.2) is 0 Å². The van der Waals surface area contributed by atoms with Gasteiger partial charge < -0.3 is 4.90 Å². The average molecular weight is 716 g/mol. The predicted octanol–water partition coefficient (Wildman–Crippen LogP) is 14.5. The van der Waals surface area contributed by atoms with Crippen molar-refractivity contribution >= 4 is 44.3 Å². The molecule has 10 rings (SSSR count). The van der Waals surface area contributed by atoms with Crippen LogP contribution in [0.15, 0.2) is 185 Å². The second kappa shape index (κ2) is 13.1. The monoisotopic (exact) mass is 715 g/mol. The van der Waals surface area contributed by atoms with Crippen LogP contribution in [0.5, 0.6) is 0 Å². The van der Waals surface area contributed by atoms with E-state index < -0.39 is 10.0 Å². The summed E-state index contributed by atoms with van der Waals surface area (Å²) in [4.78, 5) is 5.51. The standard InChI is InChI=1S/C52H45NS/c1-35-33-47-44(43-25-14-19-38-17-10-12-24-42(38)43)26-15-27-45(47)51(35)54(40-20-6-4-7-21-40,41-22-8-5-9-23-41)52-36(2)34-48-46(52)28-16-30-50(48)53-37(3)31-32-39-18-11-13-29-49(39)53/h4-30,33-34,37,51-52H,31-32H2,1-3H3. The van der Waals surface area contributed by atoms with Gasteiger partial charge in [-0.15, -0.1) is 0 Å². The summed E-state index contributed by atoms with van der Waals surface area (Å²) in [5, 5.41) is 2.95. The Bertz CT molecular complexity index is 2570. The Hall–Kier alpha value is -5.57. The normalized spacial score (nSPS) is 19.2. The molecular formula is C52H45NS. The number of nitrogens with zero attached hydrogens (tertiary/aromatic N) is 1. The Kier molecular flexibility index (Phi) is 8.00. The van der Waals surface area contributed by atoms with Crippen LogP contribution >= 0.6 is 10.0 Å². The number of aryl methyl sites for hydroxylation is 1. The maximum absolute atomic E-state index is 2.64. The highest BCUT2D eigenvalue weighted by atomic mass is 32.3. The number of para-hydroxylation sites is 1. The van der Waals surface area contributed by atoms with Gasteiger partial charge in [0, 0.05) is 33.5 Å². The minimum Gasteiger partial charge on any atom is -0.338 e. The number of fused-ring (bicyclic) bond motifs is 4. The molecule has 3 atom stereocenters. The van der Waals surface area contributed by atoms with Crippen molar-refractivity contribution < 1.29 is 0 Å². The molecule has 1 aliphatic heterocycles. The summed E-state index contributed by atoms with van der Waals surface area (Å²) >= 11 is 0. The van der Waals surface area contributed by atoms with Crippen LogP contribution < -0.4 is 4.90 Å². The zero-order valence-electron chi connectivity index (χ0n) is 31.2. The molecule has 3 aliphatic rings. The zero-order chi connectivity index (χ0) is 36.4. The highest BCUT2D eigenvalue weighted by molar-refractivity contribution is 8.34. The van der Waals surface area contributed by atoms with E-state index >= 15 is 0 Å². The first kappa shape index (κ1) is 33.0. The average Bonchev–Trinajstić information content (AvgIpc) is 3.75. The van der Waals surface area contributed by atoms with Gasteiger partial charge in [-0.2, -0.15) is 10.0 Å². The van der Waals surface area contributed by atoms with Crippen molar-refractivity contribution in [2.24, 2.45) is 0 Å². The van der Waals surface area contributed by atoms with E-state index in [1.165, 1.54) is 82.0 Å². The molecule has 2 aliphatic carbocycles. The molecule has 0 radical (unpaired) electrons. The van der Waals surface area contributed by atoms with Crippen LogP contribution in [-0.2, 0) is 6.42 Å². The summed E-state index contributed by atoms with van der Waals surface area (Å²) < 4.78 is 0. The zero-order valence-corrected chi connectivity index (χ0v) is 32.1. The summed E-state index contributed by atoms with van der Waals surface area (Å²) in [7, 11) is -1.85. The minimum absolute atomic E-state index is 0.185. The largest absolute Gasteiger partial charge is 0.338 e. The summed E-state index contributed by atoms with van der Waals surface area (Å²) in [6, 6.07) is 62.4. The number of hydrogen-bond donors (Lipinski definition) is 0. The van der Waals surface area contributed by atoms with E-state index in [1.54, 1.807) is 0 Å². The van der Waals surface area contributed by atoms with E-state index in [2.05, 4.69) is 202 Å². The van der Waals surface area contributed by atoms with Crippen molar-refractivity contribution in [1.82, 2.24) is 0 Å². The van der Waals surface area contributed by atoms with Gasteiger partial charge >= 0.3 is 0 Å². The fraction of sp³-hybridized carbons (Fsp3) is 0.154. The molecule has 0 spiro atoms. The van der Waals surface area contributed by atoms with Gasteiger partial charge in [-0.3, -0.25) is 0 Å². The second-order valence-corrected chi connectivity index (χ2v) is 18.7. The highest BCUT2D eigenvalue weighted by Gasteiger charge is 2.50. The molecule has 3 unspecified atom stereocenters. The molecule has 0 amide bonds. The molecule has 2 heteroatoms. The molecule has 7 aromatic carbocycles. The van der Waals surface area contributed by atoms with Crippen molar-refractivity contribution in [2.45, 2.75) is 59.9 Å². The molecule has 7 aromatic rings. The molecule has 0 saturated carbocycles. The van der Waals surface area contributed by atoms with Gasteiger partial charge in [0.1, 0.15) is 0 Å². The van der Waals surface area contributed by atoms with Crippen molar-refractivity contribution in [2.75, 3.05) is 4.90 Å². The summed E-state index contributed by atoms with van der Waals surface area (Å²) in [5.74, 6) is 0. The van der Waals surface area contributed by atoms with Crippen LogP contribution in [0.3, 0.4) is 0 Å². The van der Waals surface area contributed by atoms with Crippen molar-refractivity contribution in [3.05, 3.63) is 203 Å². The Labute approximate surface area is 321 Å². The van der Waals surface area contributed by atoms with Gasteiger partial charge in [-0.05, 0) is 124 Å². The van der Waals surface area contributed by atoms with E-state index in [0.717, 1.165) is 12.8 Å². The third-order valence-electron chi connectivity index (χ3n) is 12.3. The van der Waals surface area contributed by atoms with Crippen molar-refractivity contribution in [1.29, 1.82) is 0 Å². The van der Waals surface area contributed by atoms with Crippen LogP contribution in [0.4, 0.5) is 11.4 Å². The van der Waals surface area contributed by atoms with Crippen molar-refractivity contribution in [3.8, 4) is 11.1 Å². The fourth-order valence-electron chi connectivity index (χ4n) is 10.1. The molecule has 0 fully saturated rings. The first-order chi connectivity index (χ1) is 26.6. The minimum atomic E-state index is -1.85. The number of hydrogen-bond acceptors (Lipinski definition) is 1. The third kappa shape index (κ3) is 4.93. The first-order valence-electron chi connectivity index (χ1n) is 19.4. The topological polar surface area (TPSA) is 3.24 Å². The molecule has 54 heavy (non-hydrogen) atoms. The van der Waals surface area contributed by atoms with Gasteiger partial charge in [0.15, 0.2) is 0 Å². The number of rotatable bonds is 6. The second-order valence-electron chi connectivity index (χ2n) is 15.4. The van der Waals surface area contributed by atoms with E-state index in [1.807, 2.05) is 0 Å². The van der Waals surface area contributed by atoms with Crippen LogP contribution in [-0.4, -0.2) is 6.04 Å². The SMILES string of the molecule is CC1=Cc2c(-c3cccc4ccccc34)cccc2C1S(c1ccccc1)(c1ccccc1)C1C(C)=Cc2c1cccc2N1c2ccccc2CCC1C. The van der Waals surface area contributed by atoms with Crippen LogP contribution in [0.2, 0.25) is 0 Å². The lowest BCUT2D eigenvalue weighted by Crippen LogP contribution is -2.33. The van der Waals surface area contributed by atoms with Gasteiger partial charge in [0.25, 0.3) is 0 Å². The van der Waals surface area contributed by atoms with Gasteiger partial charge in [0.2, 0.25) is 0 Å². The lowest BCUT2D eigenvalue weighted by Gasteiger charge is -2.52. The Morgan fingerprint density at radius 1 is 0.500 bits per heavy atom. The molecular weight excluding hydrogens is 671 g/mol. The highest BCUT2D eigenvalue weighted by Crippen LogP contribution is 2.84. The van der Waals surface area contributed by atoms with E-state index in [4.69, 9.17) is 0 Å². The lowest BCUT2D eigenvalue weighted by molar-refractivity contribution is 0.618. The lowest BCUT2D eigenvalue weighted by atomic mass is 9.93. The molecule has 1 nitrogen and oxygen atoms in total. The fourth-order valence-corrected chi connectivity index (χ4v) is 15.5. The Balaban J connectivity index is 1.24. The molecule has 264 valence electrons. The number of anilines is 2. The van der Waals surface area contributed by atoms with Crippen LogP contribution in [0, 0.1) is 0 Å². The van der Waals surface area contributed by atoms with E-state index in [-0.39, 0.29) is 10.5 Å². The van der Waals surface area contributed by atoms with Crippen LogP contribution in [0.25, 0.3) is 34.1 Å². The quantitative estimate of drug-likeness (QED) is 0.166. The molecule has 1 heterocycles. The predicted molar refractivity (Wildman–Crippen MR) is 232 cm³/mol. The number of benzene rings is 7. The van der Waals surface area contributed by atoms with Gasteiger partial charge in [0.05, 0.1) is 0 Å². The van der Waals surface area contributed by atoms with Gasteiger partial charge in [-0.1, -0.05) is 151 Å². The maximum atomic E-state index is 2.64. The van der Waals surface area contributed by atoms with Crippen LogP contribution in [0.1, 0.15) is 65.5 Å². The Morgan fingerprint density at radius 3 is 1.78 bits per heavy atom. The van der Waals surface area contributed by atoms with E-state index in [0.29, 0.717) is 6.04 Å². The molecule has 0 N–H and O–H groups in total. The maximum Gasteiger partial charge on any atom is 0.0490 e. The summed E-state index contributed by atoms with van der Waals surface area (Å²) in [6.45, 7) is 7.22. The smallest absolute Gasteiger partial charge is 0.0490 e. The molecule has 0 aromatic heterocycles. The molecule has 0 saturated heterocycles. The first-order valence-corrected chi connectivity index (χ1v) is 21.2. The summed E-state index contributed by atoms with van der Waals surface area (Å²) in [5.41, 5.74) is 15.3. The summed E-state index contributed by atoms with van der Waals surface area (Å²) in [6.07, 6.45) is 7.36. The van der Waals surface area contributed by atoms with Crippen molar-refractivity contribution in [3.63, 3.8) is 0 Å². The van der Waals surface area contributed by atoms with E-state index in [9.17, 15) is 0 Å². The molecule has 0 bridgehead atoms.